The molecule has 0 aliphatic rings. The topological polar surface area (TPSA) is 0 Å². The maximum Gasteiger partial charge on any atom is 0.137 e. The van der Waals surface area contributed by atoms with E-state index in [1.54, 1.807) is 0 Å². The van der Waals surface area contributed by atoms with Gasteiger partial charge in [0.1, 0.15) is 5.82 Å². The molecule has 0 unspecified atom stereocenters. The second-order valence-electron chi connectivity index (χ2n) is 2.38. The summed E-state index contributed by atoms with van der Waals surface area (Å²) in [7, 11) is 0. The van der Waals surface area contributed by atoms with Crippen LogP contribution in [0.15, 0.2) is 16.6 Å². The third kappa shape index (κ3) is 1.37. The molecule has 0 spiro atoms. The minimum atomic E-state index is -0.183. The van der Waals surface area contributed by atoms with Crippen molar-refractivity contribution in [1.29, 1.82) is 0 Å². The highest BCUT2D eigenvalue weighted by Gasteiger charge is 2.01. The van der Waals surface area contributed by atoms with Crippen molar-refractivity contribution in [1.82, 2.24) is 0 Å². The van der Waals surface area contributed by atoms with Crippen LogP contribution in [-0.2, 0) is 0 Å². The first-order valence-corrected chi connectivity index (χ1v) is 3.83. The summed E-state index contributed by atoms with van der Waals surface area (Å²) in [6, 6.07) is 3.45. The Hall–Kier alpha value is -0.370. The molecular weight excluding hydrogens is 195 g/mol. The predicted octanol–water partition coefficient (Wildman–Crippen LogP) is 3.21. The molecule has 0 nitrogen and oxygen atoms in total. The van der Waals surface area contributed by atoms with Crippen molar-refractivity contribution in [3.63, 3.8) is 0 Å². The van der Waals surface area contributed by atoms with Crippen LogP contribution in [0.4, 0.5) is 4.39 Å². The second kappa shape index (κ2) is 2.70. The normalized spacial score (nSPS) is 10.0. The van der Waals surface area contributed by atoms with Crippen molar-refractivity contribution in [3.8, 4) is 0 Å². The van der Waals surface area contributed by atoms with Crippen LogP contribution in [0.2, 0.25) is 0 Å². The molecule has 0 saturated carbocycles. The van der Waals surface area contributed by atoms with Gasteiger partial charge in [-0.05, 0) is 47.0 Å². The van der Waals surface area contributed by atoms with Crippen molar-refractivity contribution in [3.05, 3.63) is 33.5 Å². The van der Waals surface area contributed by atoms with Gasteiger partial charge in [0, 0.05) is 0 Å². The fraction of sp³-hybridized carbons (Fsp3) is 0.250. The first-order valence-electron chi connectivity index (χ1n) is 3.03. The number of rotatable bonds is 0. The molecular formula is C8H8BrF. The Morgan fingerprint density at radius 3 is 2.40 bits per heavy atom. The SMILES string of the molecule is Cc1cc(C)c(Br)c(F)c1. The van der Waals surface area contributed by atoms with Crippen molar-refractivity contribution in [2.45, 2.75) is 13.8 Å². The molecule has 0 atom stereocenters. The summed E-state index contributed by atoms with van der Waals surface area (Å²) in [5, 5.41) is 0. The van der Waals surface area contributed by atoms with Gasteiger partial charge in [-0.3, -0.25) is 0 Å². The van der Waals surface area contributed by atoms with E-state index < -0.39 is 0 Å². The van der Waals surface area contributed by atoms with Gasteiger partial charge in [-0.1, -0.05) is 6.07 Å². The minimum absolute atomic E-state index is 0.183. The van der Waals surface area contributed by atoms with Crippen LogP contribution in [-0.4, -0.2) is 0 Å². The molecule has 0 heterocycles. The Bertz CT molecular complexity index is 232. The van der Waals surface area contributed by atoms with E-state index in [9.17, 15) is 4.39 Å². The van der Waals surface area contributed by atoms with Crippen LogP contribution >= 0.6 is 15.9 Å². The first kappa shape index (κ1) is 7.73. The quantitative estimate of drug-likeness (QED) is 0.607. The van der Waals surface area contributed by atoms with Gasteiger partial charge < -0.3 is 0 Å². The molecule has 0 bridgehead atoms. The molecule has 1 rings (SSSR count). The molecule has 0 N–H and O–H groups in total. The van der Waals surface area contributed by atoms with Gasteiger partial charge in [-0.25, -0.2) is 4.39 Å². The zero-order valence-electron chi connectivity index (χ0n) is 5.91. The van der Waals surface area contributed by atoms with Crippen molar-refractivity contribution in [2.75, 3.05) is 0 Å². The van der Waals surface area contributed by atoms with E-state index in [1.165, 1.54) is 6.07 Å². The van der Waals surface area contributed by atoms with Gasteiger partial charge in [0.05, 0.1) is 4.47 Å². The summed E-state index contributed by atoms with van der Waals surface area (Å²) < 4.78 is 13.4. The largest absolute Gasteiger partial charge is 0.206 e. The number of benzene rings is 1. The highest BCUT2D eigenvalue weighted by molar-refractivity contribution is 9.10. The fourth-order valence-corrected chi connectivity index (χ4v) is 1.13. The second-order valence-corrected chi connectivity index (χ2v) is 3.17. The monoisotopic (exact) mass is 202 g/mol. The smallest absolute Gasteiger partial charge is 0.137 e. The number of hydrogen-bond donors (Lipinski definition) is 0. The standard InChI is InChI=1S/C8H8BrF/c1-5-3-6(2)8(9)7(10)4-5/h3-4H,1-2H3. The Kier molecular flexibility index (Phi) is 2.09. The lowest BCUT2D eigenvalue weighted by Gasteiger charge is -2.00. The first-order chi connectivity index (χ1) is 4.61. The molecule has 1 aromatic carbocycles. The third-order valence-electron chi connectivity index (χ3n) is 1.35. The summed E-state index contributed by atoms with van der Waals surface area (Å²) >= 11 is 3.14. The minimum Gasteiger partial charge on any atom is -0.206 e. The van der Waals surface area contributed by atoms with E-state index in [2.05, 4.69) is 15.9 Å². The zero-order chi connectivity index (χ0) is 7.72. The molecule has 0 aromatic heterocycles. The third-order valence-corrected chi connectivity index (χ3v) is 2.36. The van der Waals surface area contributed by atoms with Crippen LogP contribution in [0.25, 0.3) is 0 Å². The van der Waals surface area contributed by atoms with E-state index >= 15 is 0 Å². The molecule has 0 aliphatic heterocycles. The van der Waals surface area contributed by atoms with Gasteiger partial charge in [0.2, 0.25) is 0 Å². The van der Waals surface area contributed by atoms with Crippen molar-refractivity contribution >= 4 is 15.9 Å². The lowest BCUT2D eigenvalue weighted by molar-refractivity contribution is 0.618. The highest BCUT2D eigenvalue weighted by Crippen LogP contribution is 2.20. The fourth-order valence-electron chi connectivity index (χ4n) is 0.898. The van der Waals surface area contributed by atoms with E-state index in [0.29, 0.717) is 4.47 Å². The van der Waals surface area contributed by atoms with Crippen LogP contribution < -0.4 is 0 Å². The molecule has 0 aliphatic carbocycles. The van der Waals surface area contributed by atoms with Gasteiger partial charge >= 0.3 is 0 Å². The number of halogens is 2. The zero-order valence-corrected chi connectivity index (χ0v) is 7.50. The highest BCUT2D eigenvalue weighted by atomic mass is 79.9. The van der Waals surface area contributed by atoms with E-state index in [1.807, 2.05) is 19.9 Å². The van der Waals surface area contributed by atoms with Gasteiger partial charge in [0.15, 0.2) is 0 Å². The summed E-state index contributed by atoms with van der Waals surface area (Å²) in [5.41, 5.74) is 1.90. The molecule has 0 fully saturated rings. The van der Waals surface area contributed by atoms with Crippen LogP contribution in [0, 0.1) is 19.7 Å². The molecule has 10 heavy (non-hydrogen) atoms. The van der Waals surface area contributed by atoms with Crippen molar-refractivity contribution < 1.29 is 4.39 Å². The van der Waals surface area contributed by atoms with E-state index in [-0.39, 0.29) is 5.82 Å². The molecule has 0 amide bonds. The van der Waals surface area contributed by atoms with E-state index in [0.717, 1.165) is 11.1 Å². The summed E-state index contributed by atoms with van der Waals surface area (Å²) in [5.74, 6) is -0.183. The summed E-state index contributed by atoms with van der Waals surface area (Å²) in [6.45, 7) is 3.75. The Balaban J connectivity index is 3.31. The average Bonchev–Trinajstić information content (AvgIpc) is 1.82. The molecule has 0 saturated heterocycles. The Morgan fingerprint density at radius 1 is 1.30 bits per heavy atom. The number of hydrogen-bond acceptors (Lipinski definition) is 0. The van der Waals surface area contributed by atoms with Crippen LogP contribution in [0.5, 0.6) is 0 Å². The van der Waals surface area contributed by atoms with Gasteiger partial charge in [-0.2, -0.15) is 0 Å². The van der Waals surface area contributed by atoms with E-state index in [4.69, 9.17) is 0 Å². The molecule has 54 valence electrons. The average molecular weight is 203 g/mol. The molecule has 0 radical (unpaired) electrons. The van der Waals surface area contributed by atoms with Gasteiger partial charge in [-0.15, -0.1) is 0 Å². The van der Waals surface area contributed by atoms with Crippen LogP contribution in [0.1, 0.15) is 11.1 Å². The predicted molar refractivity (Wildman–Crippen MR) is 43.6 cm³/mol. The number of aryl methyl sites for hydroxylation is 2. The molecule has 1 aromatic rings. The summed E-state index contributed by atoms with van der Waals surface area (Å²) in [4.78, 5) is 0. The molecule has 2 heteroatoms. The lowest BCUT2D eigenvalue weighted by atomic mass is 10.1. The van der Waals surface area contributed by atoms with Gasteiger partial charge in [0.25, 0.3) is 0 Å². The van der Waals surface area contributed by atoms with Crippen LogP contribution in [0.3, 0.4) is 0 Å². The maximum absolute atomic E-state index is 12.8. The lowest BCUT2D eigenvalue weighted by Crippen LogP contribution is -1.84. The van der Waals surface area contributed by atoms with Crippen molar-refractivity contribution in [2.24, 2.45) is 0 Å². The maximum atomic E-state index is 12.8. The Labute approximate surface area is 68.2 Å². The summed E-state index contributed by atoms with van der Waals surface area (Å²) in [6.07, 6.45) is 0. The Morgan fingerprint density at radius 2 is 1.90 bits per heavy atom.